The van der Waals surface area contributed by atoms with Gasteiger partial charge in [-0.15, -0.1) is 0 Å². The lowest BCUT2D eigenvalue weighted by Gasteiger charge is -2.72. The first-order valence-corrected chi connectivity index (χ1v) is 21.2. The number of nitrogens with zero attached hydrogens (tertiary/aromatic N) is 3. The molecule has 5 aliphatic rings. The third-order valence-electron chi connectivity index (χ3n) is 16.7. The van der Waals surface area contributed by atoms with E-state index in [9.17, 15) is 24.6 Å². The van der Waals surface area contributed by atoms with E-state index in [0.29, 0.717) is 31.3 Å². The Labute approximate surface area is 330 Å². The fourth-order valence-electron chi connectivity index (χ4n) is 13.5. The van der Waals surface area contributed by atoms with Crippen molar-refractivity contribution in [3.63, 3.8) is 0 Å². The lowest BCUT2D eigenvalue weighted by molar-refractivity contribution is -0.235. The van der Waals surface area contributed by atoms with E-state index < -0.39 is 28.9 Å². The molecule has 4 saturated carbocycles. The Morgan fingerprint density at radius 1 is 0.982 bits per heavy atom. The van der Waals surface area contributed by atoms with Crippen LogP contribution < -0.4 is 0 Å². The van der Waals surface area contributed by atoms with Crippen molar-refractivity contribution in [3.8, 4) is 0 Å². The lowest BCUT2D eigenvalue weighted by Crippen LogP contribution is -2.66. The highest BCUT2D eigenvalue weighted by Gasteiger charge is 2.71. The topological polar surface area (TPSA) is 133 Å². The predicted octanol–water partition coefficient (Wildman–Crippen LogP) is 7.79. The van der Waals surface area contributed by atoms with Crippen LogP contribution >= 0.6 is 0 Å². The van der Waals surface area contributed by atoms with E-state index in [2.05, 4.69) is 77.3 Å². The van der Waals surface area contributed by atoms with Crippen LogP contribution in [0.5, 0.6) is 0 Å². The summed E-state index contributed by atoms with van der Waals surface area (Å²) in [4.78, 5) is 48.0. The molecule has 0 saturated heterocycles. The number of hydrogen-bond donors (Lipinski definition) is 2. The Morgan fingerprint density at radius 2 is 1.69 bits per heavy atom. The number of rotatable bonds is 13. The largest absolute Gasteiger partial charge is 0.481 e. The number of carboxylic acid groups (broad SMARTS) is 1. The highest BCUT2D eigenvalue weighted by atomic mass is 16.5. The van der Waals surface area contributed by atoms with Crippen molar-refractivity contribution in [1.82, 2.24) is 14.8 Å². The molecule has 0 spiro atoms. The minimum atomic E-state index is -1.17. The van der Waals surface area contributed by atoms with Gasteiger partial charge in [-0.25, -0.2) is 4.98 Å². The number of oxazole rings is 1. The molecule has 0 bridgehead atoms. The number of aromatic nitrogens is 1. The van der Waals surface area contributed by atoms with Crippen LogP contribution in [0.3, 0.4) is 0 Å². The highest BCUT2D eigenvalue weighted by molar-refractivity contribution is 6.00. The van der Waals surface area contributed by atoms with E-state index >= 15 is 0 Å². The average Bonchev–Trinajstić information content (AvgIpc) is 3.70. The third-order valence-corrected chi connectivity index (χ3v) is 16.7. The van der Waals surface area contributed by atoms with E-state index in [4.69, 9.17) is 9.15 Å². The number of fused-ring (bicyclic) bond motifs is 7. The van der Waals surface area contributed by atoms with Crippen LogP contribution in [0.2, 0.25) is 0 Å². The number of Topliss-reactive ketones (excluding diaryl/α,β-unsaturated/α-hetero) is 1. The van der Waals surface area contributed by atoms with Gasteiger partial charge in [0.15, 0.2) is 12.2 Å². The molecule has 308 valence electrons. The van der Waals surface area contributed by atoms with Gasteiger partial charge in [-0.3, -0.25) is 19.3 Å². The molecule has 0 aromatic carbocycles. The summed E-state index contributed by atoms with van der Waals surface area (Å²) in [6.07, 6.45) is 10.2. The van der Waals surface area contributed by atoms with Crippen LogP contribution in [0.15, 0.2) is 28.2 Å². The maximum Gasteiger partial charge on any atom is 0.309 e. The first-order valence-electron chi connectivity index (χ1n) is 21.2. The summed E-state index contributed by atoms with van der Waals surface area (Å²) >= 11 is 0. The number of aliphatic hydroxyl groups is 1. The first-order chi connectivity index (χ1) is 25.5. The number of ketones is 1. The fraction of sp³-hybridized carbons (Fsp3) is 0.822. The molecule has 0 amide bonds. The van der Waals surface area contributed by atoms with Gasteiger partial charge in [0.25, 0.3) is 0 Å². The molecule has 9 atom stereocenters. The summed E-state index contributed by atoms with van der Waals surface area (Å²) in [5.41, 5.74) is 1.18. The summed E-state index contributed by atoms with van der Waals surface area (Å²) in [7, 11) is 4.13. The van der Waals surface area contributed by atoms with Crippen LogP contribution in [0.1, 0.15) is 132 Å². The van der Waals surface area contributed by atoms with Gasteiger partial charge in [0, 0.05) is 43.4 Å². The van der Waals surface area contributed by atoms with E-state index in [-0.39, 0.29) is 51.8 Å². The van der Waals surface area contributed by atoms with E-state index in [1.807, 2.05) is 0 Å². The van der Waals surface area contributed by atoms with Crippen LogP contribution in [-0.4, -0.2) is 88.7 Å². The summed E-state index contributed by atoms with van der Waals surface area (Å²) in [5.74, 6) is -0.0222. The fourth-order valence-corrected chi connectivity index (χ4v) is 13.5. The lowest BCUT2D eigenvalue weighted by atomic mass is 9.33. The van der Waals surface area contributed by atoms with Crippen molar-refractivity contribution in [2.24, 2.45) is 56.2 Å². The van der Waals surface area contributed by atoms with E-state index in [1.54, 1.807) is 20.1 Å². The molecule has 9 unspecified atom stereocenters. The second kappa shape index (κ2) is 14.7. The number of ether oxygens (including phenoxy) is 1. The molecule has 4 fully saturated rings. The maximum atomic E-state index is 14.2. The molecule has 10 nitrogen and oxygen atoms in total. The zero-order chi connectivity index (χ0) is 40.5. The number of hydrogen-bond acceptors (Lipinski definition) is 9. The van der Waals surface area contributed by atoms with Crippen molar-refractivity contribution >= 4 is 17.7 Å². The number of aliphatic hydroxyl groups excluding tert-OH is 1. The second-order valence-corrected chi connectivity index (χ2v) is 21.1. The van der Waals surface area contributed by atoms with Crippen molar-refractivity contribution in [1.29, 1.82) is 0 Å². The van der Waals surface area contributed by atoms with Crippen molar-refractivity contribution in [2.45, 2.75) is 145 Å². The molecular weight excluding hydrogens is 695 g/mol. The molecule has 1 aromatic rings. The number of likely N-dealkylation sites (N-methyl/N-ethyl adjacent to an activating group) is 1. The van der Waals surface area contributed by atoms with Crippen LogP contribution in [-0.2, 0) is 25.7 Å². The monoisotopic (exact) mass is 766 g/mol. The molecule has 55 heavy (non-hydrogen) atoms. The first kappa shape index (κ1) is 42.1. The molecule has 6 rings (SSSR count). The molecule has 1 heterocycles. The zero-order valence-corrected chi connectivity index (χ0v) is 35.8. The Hall–Kier alpha value is -2.56. The summed E-state index contributed by atoms with van der Waals surface area (Å²) in [6.45, 7) is 22.3. The Kier molecular flexibility index (Phi) is 11.2. The van der Waals surface area contributed by atoms with Crippen molar-refractivity contribution in [2.75, 3.05) is 33.7 Å². The third kappa shape index (κ3) is 6.96. The second-order valence-electron chi connectivity index (χ2n) is 21.1. The van der Waals surface area contributed by atoms with Gasteiger partial charge in [0.2, 0.25) is 0 Å². The normalized spacial score (nSPS) is 36.4. The number of aliphatic carboxylic acids is 1. The molecule has 10 heteroatoms. The van der Waals surface area contributed by atoms with Crippen LogP contribution in [0.4, 0.5) is 0 Å². The number of carbonyl (C=O) groups excluding carboxylic acids is 2. The smallest absolute Gasteiger partial charge is 0.309 e. The van der Waals surface area contributed by atoms with Gasteiger partial charge < -0.3 is 24.3 Å². The molecular formula is C45H71N3O7. The minimum Gasteiger partial charge on any atom is -0.481 e. The number of carbonyl (C=O) groups is 3. The summed E-state index contributed by atoms with van der Waals surface area (Å²) in [5, 5.41) is 22.2. The molecule has 0 aliphatic heterocycles. The highest BCUT2D eigenvalue weighted by Crippen LogP contribution is 2.77. The number of carboxylic acids is 1. The summed E-state index contributed by atoms with van der Waals surface area (Å²) < 4.78 is 11.5. The van der Waals surface area contributed by atoms with Crippen molar-refractivity contribution in [3.05, 3.63) is 29.5 Å². The van der Waals surface area contributed by atoms with Gasteiger partial charge in [-0.1, -0.05) is 54.0 Å². The maximum absolute atomic E-state index is 14.2. The van der Waals surface area contributed by atoms with E-state index in [1.165, 1.54) is 12.0 Å². The van der Waals surface area contributed by atoms with Gasteiger partial charge in [-0.2, -0.15) is 0 Å². The van der Waals surface area contributed by atoms with Gasteiger partial charge in [0.05, 0.1) is 23.6 Å². The van der Waals surface area contributed by atoms with Gasteiger partial charge in [0.1, 0.15) is 12.4 Å². The van der Waals surface area contributed by atoms with Crippen LogP contribution in [0.25, 0.3) is 0 Å². The summed E-state index contributed by atoms with van der Waals surface area (Å²) in [6, 6.07) is 0. The quantitative estimate of drug-likeness (QED) is 0.192. The predicted molar refractivity (Wildman–Crippen MR) is 212 cm³/mol. The minimum absolute atomic E-state index is 0.0333. The van der Waals surface area contributed by atoms with Gasteiger partial charge >= 0.3 is 11.9 Å². The number of esters is 1. The zero-order valence-electron chi connectivity index (χ0n) is 35.8. The average molecular weight is 766 g/mol. The number of allylic oxidation sites excluding steroid dienone is 1. The van der Waals surface area contributed by atoms with Gasteiger partial charge in [-0.05, 0) is 125 Å². The van der Waals surface area contributed by atoms with E-state index in [0.717, 1.165) is 75.7 Å². The van der Waals surface area contributed by atoms with Crippen molar-refractivity contribution < 1.29 is 33.8 Å². The molecule has 5 aliphatic carbocycles. The molecule has 1 aromatic heterocycles. The molecule has 2 N–H and O–H groups in total. The Balaban J connectivity index is 1.28. The standard InChI is InChI=1S/C45H71N3O7/c1-28(2)37-31(49)22-45(34(50)25-48(21-20-47(10)11)24-29-26-54-27-46-29)19-18-43(8)30(38(37)45)12-13-33-42(7)16-15-35(55-36(51)23-40(3,4)39(52)53)41(5,6)32(42)14-17-44(33,43)9/h26-28,30,32-35,50H,12-25H2,1-11H3,(H,52,53). The SMILES string of the molecule is CC(C)C1=C2C3CCC4C5(C)CCC(OC(=O)CC(C)(C)C(=O)O)C(C)(C)C5CCC4(C)C3(C)CCC2(C(O)CN(CCN(C)C)Cc2cocn2)CC1=O. The van der Waals surface area contributed by atoms with Crippen LogP contribution in [0, 0.1) is 56.2 Å². The molecule has 0 radical (unpaired) electrons. The Morgan fingerprint density at radius 3 is 2.31 bits per heavy atom. The Bertz CT molecular complexity index is 1650.